The molecule has 2 aromatic rings. The standard InChI is InChI=1S/C12H9F3N2O/c1-8-16-6-7-17(8)11(18)9-4-2-3-5-10(9)12(13,14)15/h2-7H,1H3. The van der Waals surface area contributed by atoms with E-state index < -0.39 is 17.6 Å². The van der Waals surface area contributed by atoms with Crippen LogP contribution in [0.5, 0.6) is 0 Å². The third-order valence-corrected chi connectivity index (χ3v) is 2.51. The van der Waals surface area contributed by atoms with Crippen LogP contribution in [0.1, 0.15) is 21.7 Å². The summed E-state index contributed by atoms with van der Waals surface area (Å²) < 4.78 is 39.4. The Balaban J connectivity index is 2.53. The monoisotopic (exact) mass is 254 g/mol. The average Bonchev–Trinajstić information content (AvgIpc) is 2.73. The molecule has 6 heteroatoms. The maximum absolute atomic E-state index is 12.8. The molecule has 0 bridgehead atoms. The number of aromatic nitrogens is 2. The number of hydrogen-bond donors (Lipinski definition) is 0. The predicted molar refractivity (Wildman–Crippen MR) is 58.1 cm³/mol. The van der Waals surface area contributed by atoms with Crippen LogP contribution in [-0.4, -0.2) is 15.5 Å². The number of aryl methyl sites for hydroxylation is 1. The average molecular weight is 254 g/mol. The lowest BCUT2D eigenvalue weighted by molar-refractivity contribution is -0.137. The van der Waals surface area contributed by atoms with Crippen molar-refractivity contribution in [2.45, 2.75) is 13.1 Å². The molecule has 0 saturated carbocycles. The second-order valence-corrected chi connectivity index (χ2v) is 3.69. The number of rotatable bonds is 1. The van der Waals surface area contributed by atoms with E-state index in [0.717, 1.165) is 16.7 Å². The molecule has 0 unspecified atom stereocenters. The molecule has 0 aliphatic rings. The second-order valence-electron chi connectivity index (χ2n) is 3.69. The van der Waals surface area contributed by atoms with E-state index in [1.165, 1.54) is 24.5 Å². The first kappa shape index (κ1) is 12.3. The number of imidazole rings is 1. The van der Waals surface area contributed by atoms with Crippen molar-refractivity contribution < 1.29 is 18.0 Å². The molecule has 0 fully saturated rings. The molecule has 0 radical (unpaired) electrons. The van der Waals surface area contributed by atoms with Crippen LogP contribution >= 0.6 is 0 Å². The van der Waals surface area contributed by atoms with Crippen LogP contribution < -0.4 is 0 Å². The maximum atomic E-state index is 12.8. The summed E-state index contributed by atoms with van der Waals surface area (Å²) in [6, 6.07) is 4.69. The highest BCUT2D eigenvalue weighted by Gasteiger charge is 2.35. The van der Waals surface area contributed by atoms with E-state index in [2.05, 4.69) is 4.98 Å². The van der Waals surface area contributed by atoms with Crippen LogP contribution in [0.2, 0.25) is 0 Å². The van der Waals surface area contributed by atoms with Gasteiger partial charge >= 0.3 is 6.18 Å². The first-order chi connectivity index (χ1) is 8.41. The molecular formula is C12H9F3N2O. The van der Waals surface area contributed by atoms with Crippen LogP contribution in [0.15, 0.2) is 36.7 Å². The van der Waals surface area contributed by atoms with Gasteiger partial charge in [0.1, 0.15) is 5.82 Å². The molecule has 0 saturated heterocycles. The van der Waals surface area contributed by atoms with Crippen molar-refractivity contribution in [3.05, 3.63) is 53.6 Å². The molecule has 0 N–H and O–H groups in total. The number of hydrogen-bond acceptors (Lipinski definition) is 2. The number of carbonyl (C=O) groups excluding carboxylic acids is 1. The summed E-state index contributed by atoms with van der Waals surface area (Å²) in [7, 11) is 0. The van der Waals surface area contributed by atoms with Gasteiger partial charge in [-0.2, -0.15) is 13.2 Å². The molecular weight excluding hydrogens is 245 g/mol. The van der Waals surface area contributed by atoms with Gasteiger partial charge in [-0.15, -0.1) is 0 Å². The van der Waals surface area contributed by atoms with Crippen molar-refractivity contribution in [3.8, 4) is 0 Å². The Labute approximate surface area is 101 Å². The van der Waals surface area contributed by atoms with Crippen molar-refractivity contribution in [3.63, 3.8) is 0 Å². The normalized spacial score (nSPS) is 11.6. The third kappa shape index (κ3) is 2.13. The van der Waals surface area contributed by atoms with E-state index in [-0.39, 0.29) is 5.56 Å². The summed E-state index contributed by atoms with van der Waals surface area (Å²) in [6.45, 7) is 1.55. The Hall–Kier alpha value is -2.11. The quantitative estimate of drug-likeness (QED) is 0.784. The van der Waals surface area contributed by atoms with Gasteiger partial charge in [-0.1, -0.05) is 12.1 Å². The minimum atomic E-state index is -4.55. The first-order valence-electron chi connectivity index (χ1n) is 5.12. The van der Waals surface area contributed by atoms with Gasteiger partial charge in [0, 0.05) is 12.4 Å². The third-order valence-electron chi connectivity index (χ3n) is 2.51. The Kier molecular flexibility index (Phi) is 2.94. The molecule has 1 aromatic carbocycles. The van der Waals surface area contributed by atoms with Crippen LogP contribution in [0.4, 0.5) is 13.2 Å². The zero-order valence-electron chi connectivity index (χ0n) is 9.40. The predicted octanol–water partition coefficient (Wildman–Crippen LogP) is 2.90. The van der Waals surface area contributed by atoms with Gasteiger partial charge in [-0.3, -0.25) is 9.36 Å². The van der Waals surface area contributed by atoms with E-state index in [4.69, 9.17) is 0 Å². The SMILES string of the molecule is Cc1nccn1C(=O)c1ccccc1C(F)(F)F. The number of alkyl halides is 3. The van der Waals surface area contributed by atoms with E-state index in [1.54, 1.807) is 6.92 Å². The van der Waals surface area contributed by atoms with Crippen molar-refractivity contribution in [1.82, 2.24) is 9.55 Å². The van der Waals surface area contributed by atoms with Gasteiger partial charge in [0.2, 0.25) is 0 Å². The molecule has 0 aliphatic heterocycles. The molecule has 0 amide bonds. The molecule has 1 heterocycles. The van der Waals surface area contributed by atoms with Crippen molar-refractivity contribution in [1.29, 1.82) is 0 Å². The fourth-order valence-corrected chi connectivity index (χ4v) is 1.64. The number of benzene rings is 1. The Morgan fingerprint density at radius 2 is 1.94 bits per heavy atom. The first-order valence-corrected chi connectivity index (χ1v) is 5.12. The summed E-state index contributed by atoms with van der Waals surface area (Å²) in [5.74, 6) is -0.394. The second kappa shape index (κ2) is 4.29. The van der Waals surface area contributed by atoms with Crippen LogP contribution in [0.3, 0.4) is 0 Å². The van der Waals surface area contributed by atoms with Gasteiger partial charge in [0.25, 0.3) is 5.91 Å². The maximum Gasteiger partial charge on any atom is 0.417 e. The molecule has 18 heavy (non-hydrogen) atoms. The van der Waals surface area contributed by atoms with Crippen molar-refractivity contribution in [2.24, 2.45) is 0 Å². The molecule has 3 nitrogen and oxygen atoms in total. The number of halogens is 3. The summed E-state index contributed by atoms with van der Waals surface area (Å²) in [4.78, 5) is 15.8. The molecule has 94 valence electrons. The Morgan fingerprint density at radius 3 is 2.50 bits per heavy atom. The molecule has 1 aromatic heterocycles. The molecule has 0 aliphatic carbocycles. The number of nitrogens with zero attached hydrogens (tertiary/aromatic N) is 2. The fourth-order valence-electron chi connectivity index (χ4n) is 1.64. The molecule has 0 spiro atoms. The topological polar surface area (TPSA) is 34.9 Å². The zero-order valence-corrected chi connectivity index (χ0v) is 9.40. The van der Waals surface area contributed by atoms with Gasteiger partial charge in [-0.25, -0.2) is 4.98 Å². The van der Waals surface area contributed by atoms with Crippen molar-refractivity contribution >= 4 is 5.91 Å². The lowest BCUT2D eigenvalue weighted by Crippen LogP contribution is -2.18. The van der Waals surface area contributed by atoms with Gasteiger partial charge < -0.3 is 0 Å². The van der Waals surface area contributed by atoms with Gasteiger partial charge in [0.05, 0.1) is 11.1 Å². The Morgan fingerprint density at radius 1 is 1.28 bits per heavy atom. The van der Waals surface area contributed by atoms with E-state index in [9.17, 15) is 18.0 Å². The minimum Gasteiger partial charge on any atom is -0.270 e. The van der Waals surface area contributed by atoms with Crippen LogP contribution in [0, 0.1) is 6.92 Å². The van der Waals surface area contributed by atoms with Crippen LogP contribution in [0.25, 0.3) is 0 Å². The highest BCUT2D eigenvalue weighted by Crippen LogP contribution is 2.32. The highest BCUT2D eigenvalue weighted by atomic mass is 19.4. The van der Waals surface area contributed by atoms with Gasteiger partial charge in [0.15, 0.2) is 0 Å². The lowest BCUT2D eigenvalue weighted by atomic mass is 10.1. The van der Waals surface area contributed by atoms with E-state index in [1.807, 2.05) is 0 Å². The van der Waals surface area contributed by atoms with Crippen LogP contribution in [-0.2, 0) is 6.18 Å². The van der Waals surface area contributed by atoms with Gasteiger partial charge in [-0.05, 0) is 19.1 Å². The highest BCUT2D eigenvalue weighted by molar-refractivity contribution is 5.97. The molecule has 2 rings (SSSR count). The van der Waals surface area contributed by atoms with E-state index >= 15 is 0 Å². The summed E-state index contributed by atoms with van der Waals surface area (Å²) in [6.07, 6.45) is -1.85. The molecule has 0 atom stereocenters. The fraction of sp³-hybridized carbons (Fsp3) is 0.167. The summed E-state index contributed by atoms with van der Waals surface area (Å²) >= 11 is 0. The van der Waals surface area contributed by atoms with E-state index in [0.29, 0.717) is 5.82 Å². The smallest absolute Gasteiger partial charge is 0.270 e. The van der Waals surface area contributed by atoms with Crippen molar-refractivity contribution in [2.75, 3.05) is 0 Å². The minimum absolute atomic E-state index is 0.344. The largest absolute Gasteiger partial charge is 0.417 e. The zero-order chi connectivity index (χ0) is 13.3. The summed E-state index contributed by atoms with van der Waals surface area (Å²) in [5.41, 5.74) is -1.32. The lowest BCUT2D eigenvalue weighted by Gasteiger charge is -2.12. The Bertz CT molecular complexity index is 587. The number of carbonyl (C=O) groups is 1. The summed E-state index contributed by atoms with van der Waals surface area (Å²) in [5, 5.41) is 0.